The van der Waals surface area contributed by atoms with Crippen molar-refractivity contribution in [3.05, 3.63) is 29.8 Å². The summed E-state index contributed by atoms with van der Waals surface area (Å²) in [5.74, 6) is -0.856. The minimum absolute atomic E-state index is 0.658. The van der Waals surface area contributed by atoms with E-state index in [9.17, 15) is 8.78 Å². The van der Waals surface area contributed by atoms with Crippen molar-refractivity contribution >= 4 is 5.69 Å². The number of halogens is 2. The van der Waals surface area contributed by atoms with Crippen molar-refractivity contribution in [2.75, 3.05) is 11.9 Å². The zero-order chi connectivity index (χ0) is 9.26. The van der Waals surface area contributed by atoms with Gasteiger partial charge in [0.05, 0.1) is 0 Å². The van der Waals surface area contributed by atoms with Crippen LogP contribution in [0.2, 0.25) is 0 Å². The van der Waals surface area contributed by atoms with Crippen LogP contribution in [0.1, 0.15) is 12.8 Å². The van der Waals surface area contributed by atoms with Crippen LogP contribution in [0.5, 0.6) is 0 Å². The fourth-order valence-corrected chi connectivity index (χ4v) is 1.19. The van der Waals surface area contributed by atoms with E-state index in [4.69, 9.17) is 0 Å². The molecule has 1 aromatic rings. The first-order chi connectivity index (χ1) is 6.25. The Balaban J connectivity index is 1.98. The molecule has 3 heteroatoms. The molecule has 1 aromatic carbocycles. The van der Waals surface area contributed by atoms with Crippen LogP contribution < -0.4 is 5.32 Å². The van der Waals surface area contributed by atoms with Crippen LogP contribution in [-0.4, -0.2) is 6.54 Å². The highest BCUT2D eigenvalue weighted by Crippen LogP contribution is 2.29. The molecule has 1 fully saturated rings. The molecule has 2 rings (SSSR count). The van der Waals surface area contributed by atoms with Gasteiger partial charge in [0.1, 0.15) is 0 Å². The van der Waals surface area contributed by atoms with E-state index in [1.807, 2.05) is 0 Å². The second-order valence-electron chi connectivity index (χ2n) is 3.45. The normalized spacial score (nSPS) is 15.8. The third-order valence-corrected chi connectivity index (χ3v) is 2.21. The summed E-state index contributed by atoms with van der Waals surface area (Å²) in [6, 6.07) is 3.89. The molecular formula is C10H11F2N. The minimum Gasteiger partial charge on any atom is -0.385 e. The van der Waals surface area contributed by atoms with Gasteiger partial charge in [0, 0.05) is 12.2 Å². The summed E-state index contributed by atoms with van der Waals surface area (Å²) in [5, 5.41) is 3.07. The maximum atomic E-state index is 12.7. The molecule has 0 aromatic heterocycles. The van der Waals surface area contributed by atoms with E-state index in [1.165, 1.54) is 18.9 Å². The van der Waals surface area contributed by atoms with Gasteiger partial charge in [-0.3, -0.25) is 0 Å². The summed E-state index contributed by atoms with van der Waals surface area (Å²) in [6.07, 6.45) is 2.49. The molecule has 70 valence electrons. The van der Waals surface area contributed by atoms with Crippen molar-refractivity contribution in [1.29, 1.82) is 0 Å². The molecule has 0 amide bonds. The van der Waals surface area contributed by atoms with E-state index in [-0.39, 0.29) is 0 Å². The van der Waals surface area contributed by atoms with Crippen LogP contribution >= 0.6 is 0 Å². The fourth-order valence-electron chi connectivity index (χ4n) is 1.19. The second-order valence-corrected chi connectivity index (χ2v) is 3.45. The maximum Gasteiger partial charge on any atom is 0.160 e. The maximum absolute atomic E-state index is 12.7. The Morgan fingerprint density at radius 1 is 1.23 bits per heavy atom. The highest BCUT2D eigenvalue weighted by atomic mass is 19.2. The predicted octanol–water partition coefficient (Wildman–Crippen LogP) is 2.79. The van der Waals surface area contributed by atoms with Gasteiger partial charge < -0.3 is 5.32 Å². The van der Waals surface area contributed by atoms with E-state index in [2.05, 4.69) is 5.32 Å². The fraction of sp³-hybridized carbons (Fsp3) is 0.400. The molecule has 0 radical (unpaired) electrons. The second kappa shape index (κ2) is 3.32. The van der Waals surface area contributed by atoms with Crippen molar-refractivity contribution in [2.45, 2.75) is 12.8 Å². The van der Waals surface area contributed by atoms with Gasteiger partial charge in [0.15, 0.2) is 11.6 Å². The van der Waals surface area contributed by atoms with Gasteiger partial charge in [-0.25, -0.2) is 8.78 Å². The quantitative estimate of drug-likeness (QED) is 0.759. The summed E-state index contributed by atoms with van der Waals surface area (Å²) < 4.78 is 25.2. The molecule has 1 aliphatic carbocycles. The Bertz CT molecular complexity index is 308. The lowest BCUT2D eigenvalue weighted by Gasteiger charge is -2.04. The average Bonchev–Trinajstić information content (AvgIpc) is 2.91. The van der Waals surface area contributed by atoms with E-state index in [1.54, 1.807) is 6.07 Å². The van der Waals surface area contributed by atoms with E-state index in [0.717, 1.165) is 18.5 Å². The Morgan fingerprint density at radius 3 is 2.62 bits per heavy atom. The Hall–Kier alpha value is -1.12. The highest BCUT2D eigenvalue weighted by Gasteiger charge is 2.20. The lowest BCUT2D eigenvalue weighted by atomic mass is 10.3. The van der Waals surface area contributed by atoms with Gasteiger partial charge in [-0.2, -0.15) is 0 Å². The smallest absolute Gasteiger partial charge is 0.160 e. The summed E-state index contributed by atoms with van der Waals surface area (Å²) >= 11 is 0. The predicted molar refractivity (Wildman–Crippen MR) is 47.6 cm³/mol. The van der Waals surface area contributed by atoms with Crippen LogP contribution in [0.25, 0.3) is 0 Å². The first kappa shape index (κ1) is 8.48. The van der Waals surface area contributed by atoms with Gasteiger partial charge in [-0.1, -0.05) is 0 Å². The molecule has 0 spiro atoms. The first-order valence-electron chi connectivity index (χ1n) is 4.44. The van der Waals surface area contributed by atoms with Crippen LogP contribution in [-0.2, 0) is 0 Å². The lowest BCUT2D eigenvalue weighted by molar-refractivity contribution is 0.509. The van der Waals surface area contributed by atoms with Crippen molar-refractivity contribution in [2.24, 2.45) is 5.92 Å². The minimum atomic E-state index is -0.794. The zero-order valence-electron chi connectivity index (χ0n) is 7.19. The SMILES string of the molecule is Fc1ccc(NCC2CC2)cc1F. The van der Waals surface area contributed by atoms with Gasteiger partial charge in [-0.15, -0.1) is 0 Å². The van der Waals surface area contributed by atoms with Crippen LogP contribution in [0.3, 0.4) is 0 Å². The largest absolute Gasteiger partial charge is 0.385 e. The van der Waals surface area contributed by atoms with Gasteiger partial charge in [0.25, 0.3) is 0 Å². The number of nitrogens with one attached hydrogen (secondary N) is 1. The third-order valence-electron chi connectivity index (χ3n) is 2.21. The molecule has 1 nitrogen and oxygen atoms in total. The Labute approximate surface area is 75.8 Å². The molecule has 0 heterocycles. The molecule has 1 aliphatic rings. The molecule has 13 heavy (non-hydrogen) atoms. The van der Waals surface area contributed by atoms with Crippen LogP contribution in [0.15, 0.2) is 18.2 Å². The molecule has 0 aliphatic heterocycles. The van der Waals surface area contributed by atoms with E-state index in [0.29, 0.717) is 5.69 Å². The number of hydrogen-bond donors (Lipinski definition) is 1. The molecule has 1 N–H and O–H groups in total. The summed E-state index contributed by atoms with van der Waals surface area (Å²) in [7, 11) is 0. The standard InChI is InChI=1S/C10H11F2N/c11-9-4-3-8(5-10(9)12)13-6-7-1-2-7/h3-5,7,13H,1-2,6H2. The Kier molecular flexibility index (Phi) is 2.17. The summed E-state index contributed by atoms with van der Waals surface area (Å²) in [5.41, 5.74) is 0.658. The monoisotopic (exact) mass is 183 g/mol. The summed E-state index contributed by atoms with van der Waals surface area (Å²) in [6.45, 7) is 0.866. The van der Waals surface area contributed by atoms with Crippen molar-refractivity contribution in [1.82, 2.24) is 0 Å². The number of hydrogen-bond acceptors (Lipinski definition) is 1. The molecule has 1 saturated carbocycles. The first-order valence-corrected chi connectivity index (χ1v) is 4.44. The molecule has 0 saturated heterocycles. The molecule has 0 unspecified atom stereocenters. The van der Waals surface area contributed by atoms with E-state index < -0.39 is 11.6 Å². The number of rotatable bonds is 3. The topological polar surface area (TPSA) is 12.0 Å². The van der Waals surface area contributed by atoms with E-state index >= 15 is 0 Å². The van der Waals surface area contributed by atoms with Gasteiger partial charge in [-0.05, 0) is 37.0 Å². The number of benzene rings is 1. The lowest BCUT2D eigenvalue weighted by Crippen LogP contribution is -2.03. The Morgan fingerprint density at radius 2 is 2.00 bits per heavy atom. The highest BCUT2D eigenvalue weighted by molar-refractivity contribution is 5.43. The molecule has 0 atom stereocenters. The number of anilines is 1. The van der Waals surface area contributed by atoms with Crippen LogP contribution in [0, 0.1) is 17.6 Å². The van der Waals surface area contributed by atoms with Gasteiger partial charge >= 0.3 is 0 Å². The van der Waals surface area contributed by atoms with Gasteiger partial charge in [0.2, 0.25) is 0 Å². The molecular weight excluding hydrogens is 172 g/mol. The van der Waals surface area contributed by atoms with Crippen molar-refractivity contribution in [3.8, 4) is 0 Å². The summed E-state index contributed by atoms with van der Waals surface area (Å²) in [4.78, 5) is 0. The zero-order valence-corrected chi connectivity index (χ0v) is 7.19. The molecule has 0 bridgehead atoms. The van der Waals surface area contributed by atoms with Crippen molar-refractivity contribution < 1.29 is 8.78 Å². The van der Waals surface area contributed by atoms with Crippen molar-refractivity contribution in [3.63, 3.8) is 0 Å². The average molecular weight is 183 g/mol. The van der Waals surface area contributed by atoms with Crippen LogP contribution in [0.4, 0.5) is 14.5 Å². The third kappa shape index (κ3) is 2.17.